The van der Waals surface area contributed by atoms with E-state index in [4.69, 9.17) is 9.94 Å². The first-order valence-corrected chi connectivity index (χ1v) is 10.2. The number of methoxy groups -OCH3 is 1. The molecule has 0 aliphatic heterocycles. The highest BCUT2D eigenvalue weighted by Gasteiger charge is 2.38. The van der Waals surface area contributed by atoms with E-state index in [2.05, 4.69) is 10.3 Å². The SMILES string of the molecule is COc1ccc(S(=O)(=O)N(Cc2cn(CC[18F])nn2)[C@@H](C(=O)NO)C(C)C)cc1. The Morgan fingerprint density at radius 1 is 1.34 bits per heavy atom. The molecule has 1 aromatic carbocycles. The van der Waals surface area contributed by atoms with Crippen molar-refractivity contribution in [1.29, 1.82) is 0 Å². The summed E-state index contributed by atoms with van der Waals surface area (Å²) < 4.78 is 46.4. The van der Waals surface area contributed by atoms with E-state index < -0.39 is 34.6 Å². The monoisotopic (exact) mass is 428 g/mol. The number of aryl methyl sites for hydroxylation is 1. The number of sulfonamides is 1. The van der Waals surface area contributed by atoms with Crippen molar-refractivity contribution in [3.63, 3.8) is 0 Å². The zero-order chi connectivity index (χ0) is 21.6. The smallest absolute Gasteiger partial charge is 0.262 e. The molecule has 2 aromatic rings. The van der Waals surface area contributed by atoms with Crippen molar-refractivity contribution >= 4 is 15.9 Å². The minimum Gasteiger partial charge on any atom is -0.497 e. The van der Waals surface area contributed by atoms with Crippen LogP contribution in [0.25, 0.3) is 0 Å². The molecule has 1 aromatic heterocycles. The number of nitrogens with zero attached hydrogens (tertiary/aromatic N) is 4. The van der Waals surface area contributed by atoms with Crippen LogP contribution in [0, 0.1) is 5.92 Å². The van der Waals surface area contributed by atoms with Crippen LogP contribution in [0.1, 0.15) is 19.5 Å². The second kappa shape index (κ2) is 9.76. The van der Waals surface area contributed by atoms with Crippen LogP contribution in [0.2, 0.25) is 0 Å². The number of ether oxygens (including phenoxy) is 1. The molecule has 0 fully saturated rings. The molecule has 2 N–H and O–H groups in total. The van der Waals surface area contributed by atoms with Crippen molar-refractivity contribution in [2.75, 3.05) is 13.8 Å². The number of halogens is 1. The van der Waals surface area contributed by atoms with Crippen molar-refractivity contribution in [3.8, 4) is 5.75 Å². The zero-order valence-electron chi connectivity index (χ0n) is 16.3. The van der Waals surface area contributed by atoms with Gasteiger partial charge < -0.3 is 4.74 Å². The molecule has 0 bridgehead atoms. The third-order valence-corrected chi connectivity index (χ3v) is 6.05. The number of benzene rings is 1. The Bertz CT molecular complexity index is 917. The molecule has 1 amide bonds. The van der Waals surface area contributed by atoms with Crippen LogP contribution >= 0.6 is 0 Å². The molecule has 1 atom stereocenters. The van der Waals surface area contributed by atoms with Crippen molar-refractivity contribution in [2.24, 2.45) is 5.92 Å². The second-order valence-corrected chi connectivity index (χ2v) is 8.44. The summed E-state index contributed by atoms with van der Waals surface area (Å²) in [5, 5.41) is 16.7. The summed E-state index contributed by atoms with van der Waals surface area (Å²) in [6, 6.07) is 4.46. The number of hydrogen-bond donors (Lipinski definition) is 2. The average molecular weight is 428 g/mol. The maximum absolute atomic E-state index is 13.3. The van der Waals surface area contributed by atoms with Gasteiger partial charge in [0, 0.05) is 6.20 Å². The van der Waals surface area contributed by atoms with Gasteiger partial charge in [0.2, 0.25) is 10.0 Å². The fraction of sp³-hybridized carbons (Fsp3) is 0.471. The Hall–Kier alpha value is -2.57. The van der Waals surface area contributed by atoms with E-state index in [-0.39, 0.29) is 23.7 Å². The summed E-state index contributed by atoms with van der Waals surface area (Å²) in [6.07, 6.45) is 1.41. The Labute approximate surface area is 168 Å². The van der Waals surface area contributed by atoms with Gasteiger partial charge in [0.25, 0.3) is 5.91 Å². The number of carbonyl (C=O) groups excluding carboxylic acids is 1. The van der Waals surface area contributed by atoms with Crippen molar-refractivity contribution in [2.45, 2.75) is 37.9 Å². The minimum atomic E-state index is -4.17. The topological polar surface area (TPSA) is 127 Å². The first-order valence-electron chi connectivity index (χ1n) is 8.79. The number of carbonyl (C=O) groups is 1. The predicted octanol–water partition coefficient (Wildman–Crippen LogP) is 0.977. The van der Waals surface area contributed by atoms with Gasteiger partial charge >= 0.3 is 0 Å². The van der Waals surface area contributed by atoms with Crippen molar-refractivity contribution in [1.82, 2.24) is 24.8 Å². The number of hydroxylamine groups is 1. The second-order valence-electron chi connectivity index (χ2n) is 6.55. The summed E-state index contributed by atoms with van der Waals surface area (Å²) in [5.74, 6) is -0.887. The van der Waals surface area contributed by atoms with Crippen molar-refractivity contribution in [3.05, 3.63) is 36.2 Å². The number of nitrogens with one attached hydrogen (secondary N) is 1. The van der Waals surface area contributed by atoms with E-state index in [0.717, 1.165) is 4.31 Å². The minimum absolute atomic E-state index is 0.0248. The van der Waals surface area contributed by atoms with Crippen LogP contribution in [0.3, 0.4) is 0 Å². The lowest BCUT2D eigenvalue weighted by Crippen LogP contribution is -2.51. The number of amides is 1. The van der Waals surface area contributed by atoms with E-state index >= 15 is 0 Å². The summed E-state index contributed by atoms with van der Waals surface area (Å²) in [5.41, 5.74) is 1.75. The number of hydrogen-bond acceptors (Lipinski definition) is 7. The Balaban J connectivity index is 2.49. The zero-order valence-corrected chi connectivity index (χ0v) is 17.1. The molecule has 12 heteroatoms. The van der Waals surface area contributed by atoms with Crippen LogP contribution < -0.4 is 10.2 Å². The van der Waals surface area contributed by atoms with Gasteiger partial charge in [-0.3, -0.25) is 10.0 Å². The largest absolute Gasteiger partial charge is 0.497 e. The first kappa shape index (κ1) is 22.7. The molecule has 0 aliphatic carbocycles. The van der Waals surface area contributed by atoms with E-state index in [9.17, 15) is 17.6 Å². The lowest BCUT2D eigenvalue weighted by molar-refractivity contribution is -0.134. The van der Waals surface area contributed by atoms with Gasteiger partial charge in [-0.05, 0) is 30.2 Å². The van der Waals surface area contributed by atoms with Crippen molar-refractivity contribution < 1.29 is 27.5 Å². The van der Waals surface area contributed by atoms with Crippen LogP contribution in [0.5, 0.6) is 5.75 Å². The van der Waals surface area contributed by atoms with E-state index in [1.807, 2.05) is 0 Å². The maximum atomic E-state index is 13.3. The van der Waals surface area contributed by atoms with Gasteiger partial charge in [0.15, 0.2) is 0 Å². The summed E-state index contributed by atoms with van der Waals surface area (Å²) in [7, 11) is -2.72. The van der Waals surface area contributed by atoms with Gasteiger partial charge in [-0.1, -0.05) is 19.1 Å². The molecule has 0 radical (unpaired) electrons. The molecule has 1 heterocycles. The fourth-order valence-electron chi connectivity index (χ4n) is 2.81. The van der Waals surface area contributed by atoms with Crippen LogP contribution in [0.4, 0.5) is 4.39 Å². The van der Waals surface area contributed by atoms with Crippen LogP contribution in [0.15, 0.2) is 35.4 Å². The Kier molecular flexibility index (Phi) is 7.65. The number of aromatic nitrogens is 3. The van der Waals surface area contributed by atoms with E-state index in [1.54, 1.807) is 13.8 Å². The third kappa shape index (κ3) is 5.28. The highest BCUT2D eigenvalue weighted by molar-refractivity contribution is 7.89. The van der Waals surface area contributed by atoms with Gasteiger partial charge in [0.1, 0.15) is 18.5 Å². The molecule has 0 unspecified atom stereocenters. The highest BCUT2D eigenvalue weighted by atomic mass is 32.2. The predicted molar refractivity (Wildman–Crippen MR) is 100 cm³/mol. The normalized spacial score (nSPS) is 12.9. The van der Waals surface area contributed by atoms with Gasteiger partial charge in [-0.25, -0.2) is 23.0 Å². The van der Waals surface area contributed by atoms with E-state index in [0.29, 0.717) is 5.75 Å². The average Bonchev–Trinajstić information content (AvgIpc) is 3.14. The lowest BCUT2D eigenvalue weighted by atomic mass is 10.0. The molecule has 29 heavy (non-hydrogen) atoms. The van der Waals surface area contributed by atoms with Crippen LogP contribution in [-0.4, -0.2) is 58.7 Å². The van der Waals surface area contributed by atoms with Gasteiger partial charge in [-0.2, -0.15) is 4.31 Å². The molecule has 0 saturated carbocycles. The van der Waals surface area contributed by atoms with Gasteiger partial charge in [0.05, 0.1) is 30.8 Å². The highest BCUT2D eigenvalue weighted by Crippen LogP contribution is 2.26. The molecular weight excluding hydrogens is 404 g/mol. The summed E-state index contributed by atoms with van der Waals surface area (Å²) in [4.78, 5) is 12.2. The quantitative estimate of drug-likeness (QED) is 0.427. The third-order valence-electron chi connectivity index (χ3n) is 4.20. The molecule has 10 nitrogen and oxygen atoms in total. The molecule has 2 rings (SSSR count). The Morgan fingerprint density at radius 2 is 2.00 bits per heavy atom. The number of rotatable bonds is 10. The fourth-order valence-corrected chi connectivity index (χ4v) is 4.51. The molecule has 160 valence electrons. The summed E-state index contributed by atoms with van der Waals surface area (Å²) in [6.45, 7) is 2.32. The molecular formula is C17H24FN5O5S. The summed E-state index contributed by atoms with van der Waals surface area (Å²) >= 11 is 0. The van der Waals surface area contributed by atoms with Gasteiger partial charge in [-0.15, -0.1) is 5.10 Å². The van der Waals surface area contributed by atoms with E-state index in [1.165, 1.54) is 47.7 Å². The molecule has 0 aliphatic rings. The molecule has 0 spiro atoms. The maximum Gasteiger partial charge on any atom is 0.262 e. The Morgan fingerprint density at radius 3 is 2.52 bits per heavy atom. The standard InChI is InChI=1S/C17H24FN5O5S/c1-12(2)16(17(24)20-25)23(11-13-10-22(9-8-18)21-19-13)29(26,27)15-6-4-14(28-3)5-7-15/h4-7,10,12,16,25H,8-9,11H2,1-3H3,(H,20,24)/t16-/m1/s1/i18-1. The van der Waals surface area contributed by atoms with Crippen LogP contribution in [-0.2, 0) is 27.9 Å². The molecule has 0 saturated heterocycles. The number of alkyl halides is 1. The first-order chi connectivity index (χ1) is 13.7. The lowest BCUT2D eigenvalue weighted by Gasteiger charge is -2.31.